The number of fused-ring (bicyclic) bond motifs is 1. The van der Waals surface area contributed by atoms with Crippen LogP contribution >= 0.6 is 22.7 Å². The Balaban J connectivity index is 1.89. The van der Waals surface area contributed by atoms with E-state index in [9.17, 15) is 9.59 Å². The molecule has 0 bridgehead atoms. The van der Waals surface area contributed by atoms with Gasteiger partial charge in [-0.1, -0.05) is 29.8 Å². The minimum absolute atomic E-state index is 0.0347. The lowest BCUT2D eigenvalue weighted by atomic mass is 9.99. The molecular formula is C19H16N2O2S2. The number of nitrogens with one attached hydrogen (secondary N) is 1. The molecule has 0 spiro atoms. The van der Waals surface area contributed by atoms with Crippen molar-refractivity contribution in [3.8, 4) is 0 Å². The third-order valence-corrected chi connectivity index (χ3v) is 5.99. The molecule has 1 aliphatic heterocycles. The van der Waals surface area contributed by atoms with Gasteiger partial charge in [-0.25, -0.2) is 0 Å². The second-order valence-corrected chi connectivity index (χ2v) is 7.89. The number of rotatable bonds is 2. The fraction of sp³-hybridized carbons (Fsp3) is 0.158. The van der Waals surface area contributed by atoms with Crippen LogP contribution in [-0.4, -0.2) is 23.3 Å². The number of benzene rings is 1. The van der Waals surface area contributed by atoms with Gasteiger partial charge in [-0.05, 0) is 35.9 Å². The highest BCUT2D eigenvalue weighted by molar-refractivity contribution is 7.12. The number of thiophene rings is 2. The normalized spacial score (nSPS) is 16.9. The first-order chi connectivity index (χ1) is 12.1. The van der Waals surface area contributed by atoms with E-state index >= 15 is 0 Å². The molecule has 126 valence electrons. The highest BCUT2D eigenvalue weighted by atomic mass is 32.1. The van der Waals surface area contributed by atoms with Gasteiger partial charge in [0.25, 0.3) is 5.91 Å². The summed E-state index contributed by atoms with van der Waals surface area (Å²) in [6, 6.07) is 13.3. The van der Waals surface area contributed by atoms with Crippen molar-refractivity contribution in [3.05, 3.63) is 74.1 Å². The first kappa shape index (κ1) is 16.1. The van der Waals surface area contributed by atoms with Gasteiger partial charge >= 0.3 is 0 Å². The van der Waals surface area contributed by atoms with Crippen LogP contribution in [0.5, 0.6) is 0 Å². The number of aryl methyl sites for hydroxylation is 1. The van der Waals surface area contributed by atoms with E-state index < -0.39 is 0 Å². The van der Waals surface area contributed by atoms with Gasteiger partial charge in [0, 0.05) is 16.1 Å². The van der Waals surface area contributed by atoms with Crippen LogP contribution in [0, 0.1) is 6.92 Å². The molecule has 2 amide bonds. The Kier molecular flexibility index (Phi) is 4.15. The Morgan fingerprint density at radius 2 is 1.96 bits per heavy atom. The van der Waals surface area contributed by atoms with Crippen LogP contribution in [0.4, 0.5) is 5.69 Å². The van der Waals surface area contributed by atoms with E-state index in [-0.39, 0.29) is 24.4 Å². The Hall–Kier alpha value is -2.44. The molecule has 0 fully saturated rings. The molecule has 0 radical (unpaired) electrons. The fourth-order valence-electron chi connectivity index (χ4n) is 3.11. The van der Waals surface area contributed by atoms with E-state index in [1.807, 2.05) is 48.0 Å². The Morgan fingerprint density at radius 1 is 1.16 bits per heavy atom. The lowest BCUT2D eigenvalue weighted by Gasteiger charge is -2.29. The number of carbonyl (C=O) groups is 2. The molecule has 3 aromatic rings. The summed E-state index contributed by atoms with van der Waals surface area (Å²) >= 11 is 3.00. The summed E-state index contributed by atoms with van der Waals surface area (Å²) in [5.41, 5.74) is 2.83. The van der Waals surface area contributed by atoms with Gasteiger partial charge in [-0.15, -0.1) is 22.7 Å². The highest BCUT2D eigenvalue weighted by Crippen LogP contribution is 2.39. The number of hydrogen-bond donors (Lipinski definition) is 1. The first-order valence-electron chi connectivity index (χ1n) is 7.92. The third kappa shape index (κ3) is 2.99. The second-order valence-electron chi connectivity index (χ2n) is 5.97. The molecule has 1 atom stereocenters. The number of hydrogen-bond acceptors (Lipinski definition) is 4. The van der Waals surface area contributed by atoms with E-state index in [1.165, 1.54) is 11.3 Å². The largest absolute Gasteiger partial charge is 0.324 e. The first-order valence-corrected chi connectivity index (χ1v) is 9.67. The molecule has 4 nitrogen and oxygen atoms in total. The smallest absolute Gasteiger partial charge is 0.265 e. The molecule has 3 heterocycles. The molecule has 6 heteroatoms. The van der Waals surface area contributed by atoms with Crippen LogP contribution in [0.15, 0.2) is 53.2 Å². The number of nitrogens with zero attached hydrogens (tertiary/aromatic N) is 1. The Bertz CT molecular complexity index is 917. The summed E-state index contributed by atoms with van der Waals surface area (Å²) in [5.74, 6) is -0.285. The van der Waals surface area contributed by atoms with Crippen molar-refractivity contribution < 1.29 is 9.59 Å². The van der Waals surface area contributed by atoms with Gasteiger partial charge in [0.1, 0.15) is 6.54 Å². The average Bonchev–Trinajstić information content (AvgIpc) is 3.27. The van der Waals surface area contributed by atoms with Crippen molar-refractivity contribution in [3.63, 3.8) is 0 Å². The van der Waals surface area contributed by atoms with Gasteiger partial charge in [0.2, 0.25) is 5.91 Å². The number of anilines is 1. The molecule has 25 heavy (non-hydrogen) atoms. The average molecular weight is 368 g/mol. The summed E-state index contributed by atoms with van der Waals surface area (Å²) in [6.07, 6.45) is 0. The van der Waals surface area contributed by atoms with Crippen LogP contribution < -0.4 is 5.32 Å². The van der Waals surface area contributed by atoms with E-state index in [0.29, 0.717) is 4.88 Å². The van der Waals surface area contributed by atoms with E-state index in [4.69, 9.17) is 0 Å². The van der Waals surface area contributed by atoms with Crippen LogP contribution in [-0.2, 0) is 4.79 Å². The minimum atomic E-state index is -0.275. The molecule has 0 aliphatic carbocycles. The summed E-state index contributed by atoms with van der Waals surface area (Å²) < 4.78 is 0. The van der Waals surface area contributed by atoms with Gasteiger partial charge in [0.05, 0.1) is 10.9 Å². The second kappa shape index (κ2) is 6.46. The summed E-state index contributed by atoms with van der Waals surface area (Å²) in [5, 5.41) is 6.82. The zero-order chi connectivity index (χ0) is 17.4. The van der Waals surface area contributed by atoms with Crippen molar-refractivity contribution in [1.29, 1.82) is 0 Å². The Morgan fingerprint density at radius 3 is 2.68 bits per heavy atom. The lowest BCUT2D eigenvalue weighted by Crippen LogP contribution is -2.38. The molecule has 1 aliphatic rings. The van der Waals surface area contributed by atoms with Gasteiger partial charge in [-0.3, -0.25) is 9.59 Å². The number of amides is 2. The van der Waals surface area contributed by atoms with Crippen LogP contribution in [0.2, 0.25) is 0 Å². The maximum absolute atomic E-state index is 13.1. The van der Waals surface area contributed by atoms with E-state index in [2.05, 4.69) is 11.4 Å². The van der Waals surface area contributed by atoms with Crippen LogP contribution in [0.25, 0.3) is 0 Å². The molecule has 0 saturated carbocycles. The van der Waals surface area contributed by atoms with Crippen LogP contribution in [0.1, 0.15) is 31.7 Å². The SMILES string of the molecule is Cc1ccc2c(c1)C(c1cccs1)N(C(=O)c1cccs1)CC(=O)N2. The van der Waals surface area contributed by atoms with Crippen molar-refractivity contribution >= 4 is 40.2 Å². The molecular weight excluding hydrogens is 352 g/mol. The maximum Gasteiger partial charge on any atom is 0.265 e. The van der Waals surface area contributed by atoms with Crippen molar-refractivity contribution in [2.45, 2.75) is 13.0 Å². The Labute approximate surface area is 153 Å². The van der Waals surface area contributed by atoms with E-state index in [0.717, 1.165) is 21.7 Å². The summed E-state index contributed by atoms with van der Waals surface area (Å²) in [4.78, 5) is 28.9. The third-order valence-electron chi connectivity index (χ3n) is 4.21. The number of carbonyl (C=O) groups excluding carboxylic acids is 2. The summed E-state index contributed by atoms with van der Waals surface area (Å²) in [7, 11) is 0. The zero-order valence-corrected chi connectivity index (χ0v) is 15.2. The molecule has 0 saturated heterocycles. The van der Waals surface area contributed by atoms with E-state index in [1.54, 1.807) is 22.3 Å². The standard InChI is InChI=1S/C19H16N2O2S2/c1-12-6-7-14-13(10-12)18(15-4-2-8-24-15)21(11-17(22)20-14)19(23)16-5-3-9-25-16/h2-10,18H,11H2,1H3,(H,20,22). The molecule has 1 aromatic carbocycles. The van der Waals surface area contributed by atoms with Crippen molar-refractivity contribution in [1.82, 2.24) is 4.90 Å². The van der Waals surface area contributed by atoms with Gasteiger partial charge in [-0.2, -0.15) is 0 Å². The van der Waals surface area contributed by atoms with Crippen LogP contribution in [0.3, 0.4) is 0 Å². The summed E-state index contributed by atoms with van der Waals surface area (Å²) in [6.45, 7) is 2.05. The lowest BCUT2D eigenvalue weighted by molar-refractivity contribution is -0.117. The minimum Gasteiger partial charge on any atom is -0.324 e. The maximum atomic E-state index is 13.1. The monoisotopic (exact) mass is 368 g/mol. The topological polar surface area (TPSA) is 49.4 Å². The molecule has 1 N–H and O–H groups in total. The zero-order valence-electron chi connectivity index (χ0n) is 13.6. The predicted molar refractivity (Wildman–Crippen MR) is 101 cm³/mol. The van der Waals surface area contributed by atoms with Crippen molar-refractivity contribution in [2.24, 2.45) is 0 Å². The van der Waals surface area contributed by atoms with Gasteiger partial charge in [0.15, 0.2) is 0 Å². The predicted octanol–water partition coefficient (Wildman–Crippen LogP) is 4.30. The highest BCUT2D eigenvalue weighted by Gasteiger charge is 2.34. The fourth-order valence-corrected chi connectivity index (χ4v) is 4.64. The molecule has 2 aromatic heterocycles. The van der Waals surface area contributed by atoms with Gasteiger partial charge < -0.3 is 10.2 Å². The molecule has 1 unspecified atom stereocenters. The van der Waals surface area contributed by atoms with Crippen molar-refractivity contribution in [2.75, 3.05) is 11.9 Å². The quantitative estimate of drug-likeness (QED) is 0.733. The molecule has 4 rings (SSSR count).